The summed E-state index contributed by atoms with van der Waals surface area (Å²) in [6.45, 7) is 0. The molecule has 1 heterocycles. The molecule has 0 saturated heterocycles. The number of hydrogen-bond acceptors (Lipinski definition) is 2. The Bertz CT molecular complexity index is 922. The van der Waals surface area contributed by atoms with Crippen molar-refractivity contribution in [2.45, 2.75) is 17.0 Å². The van der Waals surface area contributed by atoms with Crippen LogP contribution in [0.3, 0.4) is 0 Å². The van der Waals surface area contributed by atoms with Crippen LogP contribution >= 0.6 is 15.9 Å². The lowest BCUT2D eigenvalue weighted by Gasteiger charge is -2.32. The molecule has 1 aliphatic rings. The largest absolute Gasteiger partial charge is 0.468 e. The summed E-state index contributed by atoms with van der Waals surface area (Å²) in [6.07, 6.45) is 4.17. The lowest BCUT2D eigenvalue weighted by Crippen LogP contribution is -2.34. The molecule has 3 unspecified atom stereocenters. The number of benzene rings is 3. The average molecular weight is 418 g/mol. The molecule has 4 rings (SSSR count). The fraction of sp³-hybridized carbons (Fsp3) is 0.125. The highest BCUT2D eigenvalue weighted by atomic mass is 79.9. The first kappa shape index (κ1) is 17.7. The Balaban J connectivity index is 1.69. The summed E-state index contributed by atoms with van der Waals surface area (Å²) in [5.74, 6) is 0.683. The van der Waals surface area contributed by atoms with Gasteiger partial charge in [-0.1, -0.05) is 107 Å². The number of hydrogen-bond donors (Lipinski definition) is 0. The third-order valence-corrected chi connectivity index (χ3v) is 5.58. The second-order valence-electron chi connectivity index (χ2n) is 6.45. The van der Waals surface area contributed by atoms with Crippen LogP contribution < -0.4 is 0 Å². The molecule has 0 saturated carbocycles. The molecule has 3 aromatic rings. The van der Waals surface area contributed by atoms with Gasteiger partial charge >= 0.3 is 0 Å². The quantitative estimate of drug-likeness (QED) is 0.473. The van der Waals surface area contributed by atoms with Gasteiger partial charge in [0.2, 0.25) is 5.90 Å². The maximum absolute atomic E-state index is 6.32. The van der Waals surface area contributed by atoms with Crippen molar-refractivity contribution in [2.75, 3.05) is 0 Å². The molecule has 3 heteroatoms. The molecular weight excluding hydrogens is 398 g/mol. The molecule has 0 amide bonds. The summed E-state index contributed by atoms with van der Waals surface area (Å²) in [6, 6.07) is 30.7. The van der Waals surface area contributed by atoms with Crippen molar-refractivity contribution in [1.82, 2.24) is 0 Å². The van der Waals surface area contributed by atoms with Crippen LogP contribution in [0.2, 0.25) is 0 Å². The summed E-state index contributed by atoms with van der Waals surface area (Å²) in [7, 11) is 0. The van der Waals surface area contributed by atoms with E-state index in [0.717, 1.165) is 16.7 Å². The van der Waals surface area contributed by atoms with E-state index in [0.29, 0.717) is 5.90 Å². The standard InChI is InChI=1S/C24H20BrNO/c25-22-21(17-16-18-10-4-1-5-11-18)26-24(20-14-8-3-9-15-20)27-23(22)19-12-6-2-7-13-19/h1-17,21-23H/b17-16+. The SMILES string of the molecule is BrC1C(/C=C/c2ccccc2)N=C(c2ccccc2)OC1c1ccccc1. The van der Waals surface area contributed by atoms with Crippen LogP contribution in [0.1, 0.15) is 22.8 Å². The first-order chi connectivity index (χ1) is 13.3. The highest BCUT2D eigenvalue weighted by Gasteiger charge is 2.34. The molecule has 3 atom stereocenters. The first-order valence-electron chi connectivity index (χ1n) is 9.03. The van der Waals surface area contributed by atoms with E-state index in [1.54, 1.807) is 0 Å². The monoisotopic (exact) mass is 417 g/mol. The number of rotatable bonds is 4. The van der Waals surface area contributed by atoms with Crippen molar-refractivity contribution in [3.63, 3.8) is 0 Å². The number of ether oxygens (including phenoxy) is 1. The van der Waals surface area contributed by atoms with Crippen molar-refractivity contribution < 1.29 is 4.74 Å². The molecule has 27 heavy (non-hydrogen) atoms. The maximum Gasteiger partial charge on any atom is 0.217 e. The Morgan fingerprint density at radius 1 is 0.778 bits per heavy atom. The Morgan fingerprint density at radius 2 is 1.37 bits per heavy atom. The summed E-state index contributed by atoms with van der Waals surface area (Å²) in [5.41, 5.74) is 3.30. The zero-order valence-corrected chi connectivity index (χ0v) is 16.4. The van der Waals surface area contributed by atoms with Crippen molar-refractivity contribution in [2.24, 2.45) is 4.99 Å². The van der Waals surface area contributed by atoms with Crippen LogP contribution in [0.4, 0.5) is 0 Å². The zero-order chi connectivity index (χ0) is 18.5. The van der Waals surface area contributed by atoms with Crippen LogP contribution in [-0.2, 0) is 4.74 Å². The molecule has 0 aromatic heterocycles. The minimum Gasteiger partial charge on any atom is -0.468 e. The van der Waals surface area contributed by atoms with Crippen molar-refractivity contribution in [1.29, 1.82) is 0 Å². The maximum atomic E-state index is 6.32. The van der Waals surface area contributed by atoms with Crippen LogP contribution in [0.25, 0.3) is 6.08 Å². The van der Waals surface area contributed by atoms with Gasteiger partial charge in [0.25, 0.3) is 0 Å². The number of alkyl halides is 1. The molecule has 1 aliphatic heterocycles. The van der Waals surface area contributed by atoms with Gasteiger partial charge in [0.15, 0.2) is 0 Å². The molecule has 0 spiro atoms. The third-order valence-electron chi connectivity index (χ3n) is 4.55. The van der Waals surface area contributed by atoms with E-state index in [2.05, 4.69) is 52.3 Å². The predicted molar refractivity (Wildman–Crippen MR) is 115 cm³/mol. The summed E-state index contributed by atoms with van der Waals surface area (Å²) < 4.78 is 6.32. The highest BCUT2D eigenvalue weighted by molar-refractivity contribution is 9.09. The summed E-state index contributed by atoms with van der Waals surface area (Å²) >= 11 is 3.85. The molecule has 0 bridgehead atoms. The van der Waals surface area contributed by atoms with E-state index in [1.807, 2.05) is 66.7 Å². The van der Waals surface area contributed by atoms with Gasteiger partial charge in [-0.25, -0.2) is 4.99 Å². The molecule has 0 N–H and O–H groups in total. The molecular formula is C24H20BrNO. The average Bonchev–Trinajstić information content (AvgIpc) is 2.75. The minimum absolute atomic E-state index is 0.0284. The van der Waals surface area contributed by atoms with E-state index >= 15 is 0 Å². The molecule has 0 fully saturated rings. The fourth-order valence-corrected chi connectivity index (χ4v) is 3.85. The van der Waals surface area contributed by atoms with Crippen LogP contribution in [0.5, 0.6) is 0 Å². The smallest absolute Gasteiger partial charge is 0.217 e. The van der Waals surface area contributed by atoms with Gasteiger partial charge in [0, 0.05) is 5.56 Å². The van der Waals surface area contributed by atoms with Crippen LogP contribution in [0, 0.1) is 0 Å². The topological polar surface area (TPSA) is 21.6 Å². The molecule has 0 radical (unpaired) electrons. The normalized spacial score (nSPS) is 22.3. The number of nitrogens with zero attached hydrogens (tertiary/aromatic N) is 1. The van der Waals surface area contributed by atoms with Gasteiger partial charge in [0.05, 0.1) is 10.9 Å². The van der Waals surface area contributed by atoms with Gasteiger partial charge in [0.1, 0.15) is 6.10 Å². The third kappa shape index (κ3) is 4.20. The Hall–Kier alpha value is -2.65. The van der Waals surface area contributed by atoms with Crippen LogP contribution in [-0.4, -0.2) is 16.8 Å². The van der Waals surface area contributed by atoms with Gasteiger partial charge < -0.3 is 4.74 Å². The van der Waals surface area contributed by atoms with E-state index in [1.165, 1.54) is 0 Å². The minimum atomic E-state index is -0.107. The first-order valence-corrected chi connectivity index (χ1v) is 9.95. The summed E-state index contributed by atoms with van der Waals surface area (Å²) in [5, 5.41) is 0. The van der Waals surface area contributed by atoms with E-state index < -0.39 is 0 Å². The predicted octanol–water partition coefficient (Wildman–Crippen LogP) is 6.05. The van der Waals surface area contributed by atoms with E-state index in [4.69, 9.17) is 9.73 Å². The second kappa shape index (κ2) is 8.36. The van der Waals surface area contributed by atoms with E-state index in [9.17, 15) is 0 Å². The molecule has 134 valence electrons. The summed E-state index contributed by atoms with van der Waals surface area (Å²) in [4.78, 5) is 4.93. The van der Waals surface area contributed by atoms with Gasteiger partial charge in [-0.05, 0) is 23.3 Å². The Morgan fingerprint density at radius 3 is 2.04 bits per heavy atom. The van der Waals surface area contributed by atoms with Crippen LogP contribution in [0.15, 0.2) is 102 Å². The fourth-order valence-electron chi connectivity index (χ4n) is 3.14. The van der Waals surface area contributed by atoms with Crippen molar-refractivity contribution in [3.8, 4) is 0 Å². The lowest BCUT2D eigenvalue weighted by molar-refractivity contribution is 0.169. The second-order valence-corrected chi connectivity index (χ2v) is 7.51. The molecule has 2 nitrogen and oxygen atoms in total. The van der Waals surface area contributed by atoms with Crippen molar-refractivity contribution in [3.05, 3.63) is 114 Å². The zero-order valence-electron chi connectivity index (χ0n) is 14.8. The van der Waals surface area contributed by atoms with Gasteiger partial charge in [-0.2, -0.15) is 0 Å². The van der Waals surface area contributed by atoms with Gasteiger partial charge in [-0.15, -0.1) is 0 Å². The lowest BCUT2D eigenvalue weighted by atomic mass is 9.99. The van der Waals surface area contributed by atoms with E-state index in [-0.39, 0.29) is 17.0 Å². The number of aliphatic imine (C=N–C) groups is 1. The molecule has 0 aliphatic carbocycles. The Labute approximate surface area is 168 Å². The van der Waals surface area contributed by atoms with Crippen molar-refractivity contribution >= 4 is 27.9 Å². The van der Waals surface area contributed by atoms with Gasteiger partial charge in [-0.3, -0.25) is 0 Å². The Kier molecular flexibility index (Phi) is 5.50. The number of halogens is 1. The molecule has 3 aromatic carbocycles. The highest BCUT2D eigenvalue weighted by Crippen LogP contribution is 2.35.